The van der Waals surface area contributed by atoms with Gasteiger partial charge in [0.25, 0.3) is 0 Å². The maximum atomic E-state index is 6.18. The minimum absolute atomic E-state index is 0.265. The molecular formula is C11H12BrClO. The average molecular weight is 276 g/mol. The largest absolute Gasteiger partial charge is 0.489 e. The normalized spacial score (nSPS) is 19.3. The molecule has 0 fully saturated rings. The molecule has 0 saturated carbocycles. The van der Waals surface area contributed by atoms with Crippen LogP contribution in [0, 0.1) is 13.8 Å². The molecule has 1 heterocycles. The van der Waals surface area contributed by atoms with E-state index in [9.17, 15) is 0 Å². The number of hydrogen-bond donors (Lipinski definition) is 0. The van der Waals surface area contributed by atoms with Crippen LogP contribution in [0.2, 0.25) is 5.02 Å². The van der Waals surface area contributed by atoms with Gasteiger partial charge >= 0.3 is 0 Å². The van der Waals surface area contributed by atoms with Crippen molar-refractivity contribution in [2.75, 3.05) is 5.33 Å². The number of hydrogen-bond acceptors (Lipinski definition) is 1. The van der Waals surface area contributed by atoms with Crippen LogP contribution < -0.4 is 4.74 Å². The van der Waals surface area contributed by atoms with E-state index in [0.29, 0.717) is 0 Å². The zero-order valence-corrected chi connectivity index (χ0v) is 10.6. The molecule has 3 heteroatoms. The summed E-state index contributed by atoms with van der Waals surface area (Å²) in [5.74, 6) is 1.01. The van der Waals surface area contributed by atoms with Gasteiger partial charge in [-0.05, 0) is 31.0 Å². The van der Waals surface area contributed by atoms with Crippen LogP contribution in [0.3, 0.4) is 0 Å². The van der Waals surface area contributed by atoms with Crippen molar-refractivity contribution < 1.29 is 4.74 Å². The molecule has 1 unspecified atom stereocenters. The van der Waals surface area contributed by atoms with Gasteiger partial charge in [0.2, 0.25) is 0 Å². The third kappa shape index (κ3) is 1.55. The van der Waals surface area contributed by atoms with E-state index in [-0.39, 0.29) is 6.10 Å². The van der Waals surface area contributed by atoms with Crippen LogP contribution in [-0.2, 0) is 6.42 Å². The molecule has 1 aromatic carbocycles. The molecule has 1 aromatic rings. The van der Waals surface area contributed by atoms with E-state index in [1.165, 1.54) is 11.1 Å². The Hall–Kier alpha value is -0.210. The first-order valence-corrected chi connectivity index (χ1v) is 6.14. The second-order valence-electron chi connectivity index (χ2n) is 3.71. The lowest BCUT2D eigenvalue weighted by Gasteiger charge is -2.08. The Bertz CT molecular complexity index is 376. The zero-order valence-electron chi connectivity index (χ0n) is 8.23. The summed E-state index contributed by atoms with van der Waals surface area (Å²) in [5, 5.41) is 1.75. The highest BCUT2D eigenvalue weighted by molar-refractivity contribution is 9.09. The Kier molecular flexibility index (Phi) is 2.76. The van der Waals surface area contributed by atoms with Crippen LogP contribution in [0.4, 0.5) is 0 Å². The highest BCUT2D eigenvalue weighted by Crippen LogP contribution is 2.37. The summed E-state index contributed by atoms with van der Waals surface area (Å²) in [6.07, 6.45) is 1.23. The third-order valence-corrected chi connectivity index (χ3v) is 3.97. The van der Waals surface area contributed by atoms with Crippen LogP contribution in [0.1, 0.15) is 16.7 Å². The second kappa shape index (κ2) is 3.74. The monoisotopic (exact) mass is 274 g/mol. The van der Waals surface area contributed by atoms with Gasteiger partial charge in [-0.25, -0.2) is 0 Å². The Morgan fingerprint density at radius 1 is 1.57 bits per heavy atom. The van der Waals surface area contributed by atoms with Crippen LogP contribution in [0.25, 0.3) is 0 Å². The van der Waals surface area contributed by atoms with Gasteiger partial charge in [0.1, 0.15) is 11.9 Å². The average Bonchev–Trinajstić information content (AvgIpc) is 2.57. The molecule has 1 atom stereocenters. The second-order valence-corrected chi connectivity index (χ2v) is 4.73. The fourth-order valence-corrected chi connectivity index (χ4v) is 2.38. The van der Waals surface area contributed by atoms with Gasteiger partial charge in [-0.3, -0.25) is 0 Å². The van der Waals surface area contributed by atoms with Crippen LogP contribution in [0.15, 0.2) is 6.07 Å². The Labute approximate surface area is 97.5 Å². The van der Waals surface area contributed by atoms with Crippen LogP contribution in [-0.4, -0.2) is 11.4 Å². The van der Waals surface area contributed by atoms with Crippen molar-refractivity contribution in [2.24, 2.45) is 0 Å². The molecule has 76 valence electrons. The lowest BCUT2D eigenvalue weighted by molar-refractivity contribution is 0.260. The Morgan fingerprint density at radius 3 is 2.93 bits per heavy atom. The molecular weight excluding hydrogens is 263 g/mol. The first kappa shape index (κ1) is 10.3. The van der Waals surface area contributed by atoms with E-state index >= 15 is 0 Å². The molecule has 0 amide bonds. The summed E-state index contributed by atoms with van der Waals surface area (Å²) >= 11 is 9.62. The van der Waals surface area contributed by atoms with Gasteiger partial charge in [0.15, 0.2) is 0 Å². The predicted octanol–water partition coefficient (Wildman–Crippen LogP) is 3.66. The Balaban J connectivity index is 2.48. The number of ether oxygens (including phenoxy) is 1. The number of fused-ring (bicyclic) bond motifs is 1. The zero-order chi connectivity index (χ0) is 10.3. The topological polar surface area (TPSA) is 9.23 Å². The number of benzene rings is 1. The fraction of sp³-hybridized carbons (Fsp3) is 0.455. The van der Waals surface area contributed by atoms with Crippen LogP contribution >= 0.6 is 27.5 Å². The third-order valence-electron chi connectivity index (χ3n) is 2.67. The summed E-state index contributed by atoms with van der Waals surface area (Å²) in [6.45, 7) is 4.08. The van der Waals surface area contributed by atoms with Gasteiger partial charge < -0.3 is 4.74 Å². The number of alkyl halides is 1. The van der Waals surface area contributed by atoms with E-state index in [0.717, 1.165) is 28.1 Å². The predicted molar refractivity (Wildman–Crippen MR) is 62.8 cm³/mol. The molecule has 1 aliphatic heterocycles. The van der Waals surface area contributed by atoms with Crippen molar-refractivity contribution in [1.29, 1.82) is 0 Å². The van der Waals surface area contributed by atoms with Crippen molar-refractivity contribution >= 4 is 27.5 Å². The van der Waals surface area contributed by atoms with E-state index < -0.39 is 0 Å². The molecule has 0 aromatic heterocycles. The SMILES string of the molecule is Cc1cc2c(c(C)c1Cl)CC(CBr)O2. The van der Waals surface area contributed by atoms with Crippen molar-refractivity contribution in [3.63, 3.8) is 0 Å². The van der Waals surface area contributed by atoms with Crippen molar-refractivity contribution in [1.82, 2.24) is 0 Å². The molecule has 0 spiro atoms. The first-order chi connectivity index (χ1) is 6.63. The molecule has 1 aliphatic rings. The minimum Gasteiger partial charge on any atom is -0.489 e. The fourth-order valence-electron chi connectivity index (χ4n) is 1.85. The Morgan fingerprint density at radius 2 is 2.29 bits per heavy atom. The lowest BCUT2D eigenvalue weighted by Crippen LogP contribution is -2.13. The highest BCUT2D eigenvalue weighted by atomic mass is 79.9. The summed E-state index contributed by atoms with van der Waals surface area (Å²) in [6, 6.07) is 2.04. The molecule has 0 N–H and O–H groups in total. The van der Waals surface area contributed by atoms with E-state index in [2.05, 4.69) is 22.9 Å². The van der Waals surface area contributed by atoms with E-state index in [1.54, 1.807) is 0 Å². The first-order valence-electron chi connectivity index (χ1n) is 4.64. The standard InChI is InChI=1S/C11H12BrClO/c1-6-3-10-9(7(2)11(6)13)4-8(5-12)14-10/h3,8H,4-5H2,1-2H3. The molecule has 14 heavy (non-hydrogen) atoms. The maximum absolute atomic E-state index is 6.18. The number of halogens is 2. The van der Waals surface area contributed by atoms with Crippen molar-refractivity contribution in [2.45, 2.75) is 26.4 Å². The summed E-state index contributed by atoms with van der Waals surface area (Å²) in [7, 11) is 0. The molecule has 0 aliphatic carbocycles. The molecule has 2 rings (SSSR count). The van der Waals surface area contributed by atoms with Gasteiger partial charge in [0.05, 0.1) is 0 Å². The smallest absolute Gasteiger partial charge is 0.123 e. The lowest BCUT2D eigenvalue weighted by atomic mass is 10.0. The number of aryl methyl sites for hydroxylation is 1. The number of rotatable bonds is 1. The summed E-state index contributed by atoms with van der Waals surface area (Å²) < 4.78 is 5.77. The van der Waals surface area contributed by atoms with Crippen molar-refractivity contribution in [3.8, 4) is 5.75 Å². The minimum atomic E-state index is 0.265. The van der Waals surface area contributed by atoms with Gasteiger partial charge in [-0.15, -0.1) is 0 Å². The summed E-state index contributed by atoms with van der Waals surface area (Å²) in [5.41, 5.74) is 3.54. The van der Waals surface area contributed by atoms with E-state index in [1.807, 2.05) is 13.0 Å². The molecule has 0 bridgehead atoms. The van der Waals surface area contributed by atoms with Crippen molar-refractivity contribution in [3.05, 3.63) is 27.8 Å². The van der Waals surface area contributed by atoms with Gasteiger partial charge in [-0.2, -0.15) is 0 Å². The molecule has 0 radical (unpaired) electrons. The molecule has 0 saturated heterocycles. The van der Waals surface area contributed by atoms with Gasteiger partial charge in [0, 0.05) is 22.3 Å². The quantitative estimate of drug-likeness (QED) is 0.711. The van der Waals surface area contributed by atoms with Gasteiger partial charge in [-0.1, -0.05) is 27.5 Å². The maximum Gasteiger partial charge on any atom is 0.123 e. The molecule has 1 nitrogen and oxygen atoms in total. The van der Waals surface area contributed by atoms with Crippen LogP contribution in [0.5, 0.6) is 5.75 Å². The summed E-state index contributed by atoms with van der Waals surface area (Å²) in [4.78, 5) is 0. The van der Waals surface area contributed by atoms with E-state index in [4.69, 9.17) is 16.3 Å². The highest BCUT2D eigenvalue weighted by Gasteiger charge is 2.25.